The molecule has 20 heavy (non-hydrogen) atoms. The minimum atomic E-state index is 0.214. The normalized spacial score (nSPS) is 20.4. The highest BCUT2D eigenvalue weighted by Crippen LogP contribution is 2.41. The number of amidine groups is 1. The maximum absolute atomic E-state index is 5.65. The van der Waals surface area contributed by atoms with Gasteiger partial charge in [-0.3, -0.25) is 4.99 Å². The first kappa shape index (κ1) is 13.8. The number of hydrogen-bond donors (Lipinski definition) is 1. The van der Waals surface area contributed by atoms with E-state index in [0.29, 0.717) is 0 Å². The van der Waals surface area contributed by atoms with Crippen LogP contribution in [0.4, 0.5) is 5.69 Å². The first-order valence-electron chi connectivity index (χ1n) is 7.42. The molecule has 2 aliphatic rings. The van der Waals surface area contributed by atoms with Gasteiger partial charge in [0, 0.05) is 11.4 Å². The second-order valence-corrected chi connectivity index (χ2v) is 6.92. The molecule has 0 radical (unpaired) electrons. The van der Waals surface area contributed by atoms with Crippen molar-refractivity contribution in [1.29, 1.82) is 0 Å². The molecule has 0 atom stereocenters. The molecule has 1 aliphatic carbocycles. The molecule has 0 unspecified atom stereocenters. The zero-order valence-corrected chi connectivity index (χ0v) is 13.0. The lowest BCUT2D eigenvalue weighted by molar-refractivity contribution is 0.242. The van der Waals surface area contributed by atoms with Crippen molar-refractivity contribution in [3.05, 3.63) is 24.3 Å². The third kappa shape index (κ3) is 3.11. The van der Waals surface area contributed by atoms with Crippen LogP contribution in [0.1, 0.15) is 39.5 Å². The fraction of sp³-hybridized carbons (Fsp3) is 0.562. The Balaban J connectivity index is 1.63. The van der Waals surface area contributed by atoms with Crippen LogP contribution in [0.2, 0.25) is 0 Å². The largest absolute Gasteiger partial charge is 0.491 e. The number of nitrogens with zero attached hydrogens (tertiary/aromatic N) is 1. The molecule has 3 nitrogen and oxygen atoms in total. The Morgan fingerprint density at radius 2 is 1.90 bits per heavy atom. The predicted octanol–water partition coefficient (Wildman–Crippen LogP) is 4.30. The lowest BCUT2D eigenvalue weighted by Gasteiger charge is -2.16. The van der Waals surface area contributed by atoms with Gasteiger partial charge in [0.05, 0.1) is 11.6 Å². The first-order chi connectivity index (χ1) is 9.65. The molecule has 1 aliphatic heterocycles. The smallest absolute Gasteiger partial charge is 0.161 e. The molecule has 3 rings (SSSR count). The Bertz CT molecular complexity index is 490. The van der Waals surface area contributed by atoms with Crippen LogP contribution in [0.25, 0.3) is 0 Å². The Labute approximate surface area is 125 Å². The van der Waals surface area contributed by atoms with Crippen molar-refractivity contribution in [1.82, 2.24) is 0 Å². The van der Waals surface area contributed by atoms with Gasteiger partial charge in [-0.25, -0.2) is 0 Å². The summed E-state index contributed by atoms with van der Waals surface area (Å²) in [5.41, 5.74) is 1.33. The van der Waals surface area contributed by atoms with E-state index in [9.17, 15) is 0 Å². The molecule has 1 saturated carbocycles. The first-order valence-corrected chi connectivity index (χ1v) is 8.40. The quantitative estimate of drug-likeness (QED) is 0.901. The van der Waals surface area contributed by atoms with Gasteiger partial charge in [0.1, 0.15) is 5.75 Å². The summed E-state index contributed by atoms with van der Waals surface area (Å²) in [5, 5.41) is 4.50. The van der Waals surface area contributed by atoms with Crippen LogP contribution < -0.4 is 10.1 Å². The second-order valence-electron chi connectivity index (χ2n) is 5.95. The molecular weight excluding hydrogens is 268 g/mol. The maximum Gasteiger partial charge on any atom is 0.161 e. The predicted molar refractivity (Wildman–Crippen MR) is 86.9 cm³/mol. The summed E-state index contributed by atoms with van der Waals surface area (Å²) in [6.45, 7) is 4.08. The van der Waals surface area contributed by atoms with Crippen LogP contribution in [0.5, 0.6) is 5.75 Å². The summed E-state index contributed by atoms with van der Waals surface area (Å²) in [7, 11) is 0. The van der Waals surface area contributed by atoms with Gasteiger partial charge in [-0.1, -0.05) is 24.6 Å². The van der Waals surface area contributed by atoms with Crippen LogP contribution >= 0.6 is 11.8 Å². The molecule has 1 aromatic carbocycles. The third-order valence-corrected chi connectivity index (χ3v) is 4.98. The van der Waals surface area contributed by atoms with Crippen LogP contribution in [-0.4, -0.2) is 22.6 Å². The van der Waals surface area contributed by atoms with Gasteiger partial charge in [-0.2, -0.15) is 0 Å². The van der Waals surface area contributed by atoms with Crippen molar-refractivity contribution in [2.75, 3.05) is 11.1 Å². The number of rotatable bonds is 3. The van der Waals surface area contributed by atoms with E-state index in [1.165, 1.54) is 25.7 Å². The zero-order valence-electron chi connectivity index (χ0n) is 12.2. The van der Waals surface area contributed by atoms with Crippen molar-refractivity contribution in [3.8, 4) is 5.75 Å². The topological polar surface area (TPSA) is 33.6 Å². The number of anilines is 1. The average molecular weight is 290 g/mol. The fourth-order valence-corrected chi connectivity index (χ4v) is 4.06. The highest BCUT2D eigenvalue weighted by Gasteiger charge is 2.38. The van der Waals surface area contributed by atoms with Crippen LogP contribution in [0, 0.1) is 0 Å². The number of thioether (sulfide) groups is 1. The third-order valence-electron chi connectivity index (χ3n) is 3.83. The summed E-state index contributed by atoms with van der Waals surface area (Å²) in [4.78, 5) is 4.92. The molecule has 0 bridgehead atoms. The van der Waals surface area contributed by atoms with E-state index in [2.05, 4.69) is 17.4 Å². The Morgan fingerprint density at radius 1 is 1.20 bits per heavy atom. The van der Waals surface area contributed by atoms with Crippen LogP contribution in [-0.2, 0) is 0 Å². The van der Waals surface area contributed by atoms with Gasteiger partial charge in [-0.05, 0) is 51.0 Å². The molecular formula is C16H22N2OS. The molecule has 0 saturated heterocycles. The van der Waals surface area contributed by atoms with Crippen LogP contribution in [0.3, 0.4) is 0 Å². The minimum absolute atomic E-state index is 0.214. The summed E-state index contributed by atoms with van der Waals surface area (Å²) in [6.07, 6.45) is 5.39. The molecule has 108 valence electrons. The Morgan fingerprint density at radius 3 is 2.55 bits per heavy atom. The van der Waals surface area contributed by atoms with Crippen LogP contribution in [0.15, 0.2) is 29.3 Å². The minimum Gasteiger partial charge on any atom is -0.491 e. The van der Waals surface area contributed by atoms with E-state index in [4.69, 9.17) is 9.73 Å². The summed E-state index contributed by atoms with van der Waals surface area (Å²) in [5.74, 6) is 2.06. The van der Waals surface area contributed by atoms with E-state index >= 15 is 0 Å². The molecule has 4 heteroatoms. The van der Waals surface area contributed by atoms with Gasteiger partial charge in [0.2, 0.25) is 0 Å². The highest BCUT2D eigenvalue weighted by molar-refractivity contribution is 8.14. The lowest BCUT2D eigenvalue weighted by Crippen LogP contribution is -2.21. The Hall–Kier alpha value is -1.16. The Kier molecular flexibility index (Phi) is 3.92. The lowest BCUT2D eigenvalue weighted by atomic mass is 10.0. The molecule has 1 fully saturated rings. The number of benzene rings is 1. The second kappa shape index (κ2) is 5.68. The van der Waals surface area contributed by atoms with Crippen molar-refractivity contribution in [2.24, 2.45) is 4.99 Å². The fourth-order valence-electron chi connectivity index (χ4n) is 2.85. The molecule has 1 aromatic rings. The van der Waals surface area contributed by atoms with E-state index in [-0.39, 0.29) is 11.6 Å². The number of ether oxygens (including phenoxy) is 1. The van der Waals surface area contributed by atoms with Gasteiger partial charge < -0.3 is 10.1 Å². The maximum atomic E-state index is 5.65. The van der Waals surface area contributed by atoms with Crippen molar-refractivity contribution < 1.29 is 4.74 Å². The standard InChI is InChI=1S/C16H22N2OS/c1-12(2)19-14-7-5-13(6-8-14)17-15-18-16(11-20-15)9-3-4-10-16/h5-8,12H,3-4,9-11H2,1-2H3,(H,17,18). The van der Waals surface area contributed by atoms with E-state index in [1.54, 1.807) is 0 Å². The van der Waals surface area contributed by atoms with E-state index in [0.717, 1.165) is 22.4 Å². The summed E-state index contributed by atoms with van der Waals surface area (Å²) >= 11 is 1.86. The number of hydrogen-bond acceptors (Lipinski definition) is 4. The van der Waals surface area contributed by atoms with Crippen molar-refractivity contribution in [2.45, 2.75) is 51.2 Å². The number of nitrogens with one attached hydrogen (secondary N) is 1. The number of aliphatic imine (C=N–C) groups is 1. The molecule has 0 amide bonds. The highest BCUT2D eigenvalue weighted by atomic mass is 32.2. The van der Waals surface area contributed by atoms with E-state index in [1.807, 2.05) is 37.7 Å². The van der Waals surface area contributed by atoms with E-state index < -0.39 is 0 Å². The van der Waals surface area contributed by atoms with Gasteiger partial charge in [0.25, 0.3) is 0 Å². The summed E-state index contributed by atoms with van der Waals surface area (Å²) in [6, 6.07) is 8.13. The SMILES string of the molecule is CC(C)Oc1ccc(NC2=NC3(CCCC3)CS2)cc1. The van der Waals surface area contributed by atoms with Crippen molar-refractivity contribution >= 4 is 22.6 Å². The molecule has 1 heterocycles. The molecule has 1 N–H and O–H groups in total. The summed E-state index contributed by atoms with van der Waals surface area (Å²) < 4.78 is 5.65. The van der Waals surface area contributed by atoms with Gasteiger partial charge >= 0.3 is 0 Å². The van der Waals surface area contributed by atoms with Gasteiger partial charge in [0.15, 0.2) is 5.17 Å². The monoisotopic (exact) mass is 290 g/mol. The zero-order chi connectivity index (χ0) is 14.0. The van der Waals surface area contributed by atoms with Crippen molar-refractivity contribution in [3.63, 3.8) is 0 Å². The molecule has 1 spiro atoms. The molecule has 0 aromatic heterocycles. The average Bonchev–Trinajstić information content (AvgIpc) is 3.02. The van der Waals surface area contributed by atoms with Gasteiger partial charge in [-0.15, -0.1) is 0 Å².